The normalized spacial score (nSPS) is 10.1. The summed E-state index contributed by atoms with van der Waals surface area (Å²) in [4.78, 5) is 33.6. The van der Waals surface area contributed by atoms with E-state index in [0.717, 1.165) is 0 Å². The lowest BCUT2D eigenvalue weighted by atomic mass is 10.2. The van der Waals surface area contributed by atoms with Crippen LogP contribution in [0.15, 0.2) is 18.2 Å². The van der Waals surface area contributed by atoms with Crippen LogP contribution in [0.4, 0.5) is 0 Å². The van der Waals surface area contributed by atoms with Crippen LogP contribution in [0.25, 0.3) is 0 Å². The molecule has 0 fully saturated rings. The van der Waals surface area contributed by atoms with Crippen molar-refractivity contribution in [2.75, 3.05) is 26.4 Å². The maximum Gasteiger partial charge on any atom is 0.305 e. The predicted molar refractivity (Wildman–Crippen MR) is 94.6 cm³/mol. The first kappa shape index (κ1) is 21.5. The second-order valence-electron chi connectivity index (χ2n) is 5.37. The fraction of sp³-hybridized carbons (Fsp3) is 0.526. The SMILES string of the molecule is CCOC(=O)CCCOc1cc(C=O)cc(OCCCC(=O)OCC)c1. The molecule has 0 N–H and O–H groups in total. The zero-order valence-corrected chi connectivity index (χ0v) is 15.3. The van der Waals surface area contributed by atoms with Crippen LogP contribution in [0.2, 0.25) is 0 Å². The average molecular weight is 366 g/mol. The molecule has 144 valence electrons. The topological polar surface area (TPSA) is 88.1 Å². The lowest BCUT2D eigenvalue weighted by Crippen LogP contribution is -2.07. The molecule has 1 aromatic rings. The number of ether oxygens (including phenoxy) is 4. The molecule has 1 aromatic carbocycles. The fourth-order valence-electron chi connectivity index (χ4n) is 2.11. The van der Waals surface area contributed by atoms with Gasteiger partial charge in [0, 0.05) is 24.5 Å². The monoisotopic (exact) mass is 366 g/mol. The number of carbonyl (C=O) groups excluding carboxylic acids is 3. The van der Waals surface area contributed by atoms with E-state index in [4.69, 9.17) is 18.9 Å². The van der Waals surface area contributed by atoms with Crippen LogP contribution in [0, 0.1) is 0 Å². The van der Waals surface area contributed by atoms with Crippen LogP contribution in [-0.2, 0) is 19.1 Å². The van der Waals surface area contributed by atoms with Crippen LogP contribution in [0.3, 0.4) is 0 Å². The first-order valence-electron chi connectivity index (χ1n) is 8.76. The highest BCUT2D eigenvalue weighted by atomic mass is 16.5. The van der Waals surface area contributed by atoms with Gasteiger partial charge in [0.05, 0.1) is 26.4 Å². The first-order valence-corrected chi connectivity index (χ1v) is 8.76. The van der Waals surface area contributed by atoms with Gasteiger partial charge in [-0.15, -0.1) is 0 Å². The summed E-state index contributed by atoms with van der Waals surface area (Å²) in [6.07, 6.45) is 2.29. The van der Waals surface area contributed by atoms with E-state index in [1.165, 1.54) is 0 Å². The minimum Gasteiger partial charge on any atom is -0.493 e. The lowest BCUT2D eigenvalue weighted by Gasteiger charge is -2.11. The third-order valence-corrected chi connectivity index (χ3v) is 3.24. The summed E-state index contributed by atoms with van der Waals surface area (Å²) in [5, 5.41) is 0. The second-order valence-corrected chi connectivity index (χ2v) is 5.37. The third-order valence-electron chi connectivity index (χ3n) is 3.24. The van der Waals surface area contributed by atoms with Gasteiger partial charge in [-0.05, 0) is 38.8 Å². The van der Waals surface area contributed by atoms with E-state index >= 15 is 0 Å². The van der Waals surface area contributed by atoms with Gasteiger partial charge in [0.1, 0.15) is 17.8 Å². The van der Waals surface area contributed by atoms with Crippen LogP contribution in [0.1, 0.15) is 49.9 Å². The van der Waals surface area contributed by atoms with Crippen molar-refractivity contribution in [3.05, 3.63) is 23.8 Å². The highest BCUT2D eigenvalue weighted by Crippen LogP contribution is 2.23. The number of esters is 2. The van der Waals surface area contributed by atoms with Gasteiger partial charge in [-0.2, -0.15) is 0 Å². The van der Waals surface area contributed by atoms with Gasteiger partial charge in [0.25, 0.3) is 0 Å². The molecule has 0 saturated carbocycles. The molecular weight excluding hydrogens is 340 g/mol. The Labute approximate surface area is 153 Å². The predicted octanol–water partition coefficient (Wildman–Crippen LogP) is 2.94. The molecule has 0 aliphatic heterocycles. The molecule has 1 rings (SSSR count). The molecule has 0 atom stereocenters. The van der Waals surface area contributed by atoms with E-state index in [0.29, 0.717) is 62.6 Å². The van der Waals surface area contributed by atoms with Crippen LogP contribution < -0.4 is 9.47 Å². The molecule has 0 saturated heterocycles. The summed E-state index contributed by atoms with van der Waals surface area (Å²) in [5.41, 5.74) is 0.424. The summed E-state index contributed by atoms with van der Waals surface area (Å²) in [5.74, 6) is 0.449. The molecule has 26 heavy (non-hydrogen) atoms. The molecular formula is C19H26O7. The molecule has 0 unspecified atom stereocenters. The Hall–Kier alpha value is -2.57. The molecule has 7 nitrogen and oxygen atoms in total. The summed E-state index contributed by atoms with van der Waals surface area (Å²) in [6, 6.07) is 4.87. The zero-order valence-electron chi connectivity index (χ0n) is 15.3. The minimum absolute atomic E-state index is 0.261. The summed E-state index contributed by atoms with van der Waals surface area (Å²) >= 11 is 0. The Bertz CT molecular complexity index is 539. The van der Waals surface area contributed by atoms with E-state index in [2.05, 4.69) is 0 Å². The van der Waals surface area contributed by atoms with Crippen molar-refractivity contribution in [2.45, 2.75) is 39.5 Å². The summed E-state index contributed by atoms with van der Waals surface area (Å²) in [7, 11) is 0. The number of rotatable bonds is 13. The number of benzene rings is 1. The number of hydrogen-bond donors (Lipinski definition) is 0. The van der Waals surface area contributed by atoms with E-state index in [1.54, 1.807) is 32.0 Å². The van der Waals surface area contributed by atoms with Crippen molar-refractivity contribution >= 4 is 18.2 Å². The quantitative estimate of drug-likeness (QED) is 0.301. The van der Waals surface area contributed by atoms with Crippen molar-refractivity contribution in [3.63, 3.8) is 0 Å². The van der Waals surface area contributed by atoms with Crippen molar-refractivity contribution in [1.29, 1.82) is 0 Å². The van der Waals surface area contributed by atoms with Gasteiger partial charge in [0.15, 0.2) is 0 Å². The van der Waals surface area contributed by atoms with Gasteiger partial charge in [0.2, 0.25) is 0 Å². The van der Waals surface area contributed by atoms with Crippen molar-refractivity contribution in [3.8, 4) is 11.5 Å². The van der Waals surface area contributed by atoms with Gasteiger partial charge in [-0.3, -0.25) is 14.4 Å². The molecule has 0 aliphatic rings. The Balaban J connectivity index is 2.44. The number of aldehydes is 1. The minimum atomic E-state index is -0.261. The highest BCUT2D eigenvalue weighted by molar-refractivity contribution is 5.76. The largest absolute Gasteiger partial charge is 0.493 e. The molecule has 0 heterocycles. The maximum atomic E-state index is 11.3. The van der Waals surface area contributed by atoms with Crippen molar-refractivity contribution < 1.29 is 33.3 Å². The van der Waals surface area contributed by atoms with Crippen molar-refractivity contribution in [1.82, 2.24) is 0 Å². The fourth-order valence-corrected chi connectivity index (χ4v) is 2.11. The third kappa shape index (κ3) is 9.05. The average Bonchev–Trinajstić information content (AvgIpc) is 2.63. The standard InChI is InChI=1S/C19H26O7/c1-3-23-18(21)7-5-9-25-16-11-15(14-20)12-17(13-16)26-10-6-8-19(22)24-4-2/h11-14H,3-10H2,1-2H3. The van der Waals surface area contributed by atoms with Gasteiger partial charge in [-0.1, -0.05) is 0 Å². The molecule has 0 aliphatic carbocycles. The molecule has 0 spiro atoms. The molecule has 7 heteroatoms. The second kappa shape index (κ2) is 12.7. The Kier molecular flexibility index (Phi) is 10.5. The van der Waals surface area contributed by atoms with Gasteiger partial charge in [-0.25, -0.2) is 0 Å². The number of hydrogen-bond acceptors (Lipinski definition) is 7. The smallest absolute Gasteiger partial charge is 0.305 e. The van der Waals surface area contributed by atoms with E-state index in [-0.39, 0.29) is 24.8 Å². The van der Waals surface area contributed by atoms with E-state index in [1.807, 2.05) is 0 Å². The Morgan fingerprint density at radius 1 is 0.846 bits per heavy atom. The van der Waals surface area contributed by atoms with Crippen LogP contribution in [-0.4, -0.2) is 44.7 Å². The van der Waals surface area contributed by atoms with Crippen molar-refractivity contribution in [2.24, 2.45) is 0 Å². The molecule has 0 amide bonds. The lowest BCUT2D eigenvalue weighted by molar-refractivity contribution is -0.144. The summed E-state index contributed by atoms with van der Waals surface area (Å²) in [6.45, 7) is 4.88. The van der Waals surface area contributed by atoms with Crippen LogP contribution in [0.5, 0.6) is 11.5 Å². The maximum absolute atomic E-state index is 11.3. The van der Waals surface area contributed by atoms with E-state index < -0.39 is 0 Å². The first-order chi connectivity index (χ1) is 12.6. The zero-order chi connectivity index (χ0) is 19.2. The number of carbonyl (C=O) groups is 3. The molecule has 0 bridgehead atoms. The molecule has 0 aromatic heterocycles. The highest BCUT2D eigenvalue weighted by Gasteiger charge is 2.06. The summed E-state index contributed by atoms with van der Waals surface area (Å²) < 4.78 is 20.8. The molecule has 0 radical (unpaired) electrons. The Morgan fingerprint density at radius 3 is 1.69 bits per heavy atom. The van der Waals surface area contributed by atoms with E-state index in [9.17, 15) is 14.4 Å². The van der Waals surface area contributed by atoms with Gasteiger partial charge >= 0.3 is 11.9 Å². The van der Waals surface area contributed by atoms with Gasteiger partial charge < -0.3 is 18.9 Å². The Morgan fingerprint density at radius 2 is 1.31 bits per heavy atom. The van der Waals surface area contributed by atoms with Crippen LogP contribution >= 0.6 is 0 Å².